The quantitative estimate of drug-likeness (QED) is 0.366. The minimum atomic E-state index is -0.906. The zero-order valence-corrected chi connectivity index (χ0v) is 19.7. The van der Waals surface area contributed by atoms with Crippen molar-refractivity contribution < 1.29 is 24.2 Å². The number of nitrogens with one attached hydrogen (secondary N) is 2. The zero-order valence-electron chi connectivity index (χ0n) is 19.7. The van der Waals surface area contributed by atoms with Crippen LogP contribution in [0.4, 0.5) is 4.79 Å². The summed E-state index contributed by atoms with van der Waals surface area (Å²) in [5.74, 6) is -0.965. The van der Waals surface area contributed by atoms with Crippen molar-refractivity contribution in [3.63, 3.8) is 0 Å². The standard InChI is InChI=1S/C27H34N2O5/c1-2-19(17-26(31)32)29-25(30)15-5-3-4-10-16-28-27(33)34-18-24-22-13-8-6-11-20(22)21-12-7-9-14-23(21)24/h6-9,11-14,19,24H,2-5,10,15-18H2,1H3,(H,28,33)(H,29,30)(H,31,32)/t19-/m1/s1. The summed E-state index contributed by atoms with van der Waals surface area (Å²) in [7, 11) is 0. The van der Waals surface area contributed by atoms with E-state index in [2.05, 4.69) is 34.9 Å². The number of unbranched alkanes of at least 4 members (excludes halogenated alkanes) is 3. The van der Waals surface area contributed by atoms with Crippen LogP contribution < -0.4 is 10.6 Å². The summed E-state index contributed by atoms with van der Waals surface area (Å²) in [6, 6.07) is 16.2. The van der Waals surface area contributed by atoms with Crippen LogP contribution in [0.5, 0.6) is 0 Å². The molecule has 0 saturated heterocycles. The molecule has 7 heteroatoms. The van der Waals surface area contributed by atoms with Crippen molar-refractivity contribution in [2.24, 2.45) is 0 Å². The summed E-state index contributed by atoms with van der Waals surface area (Å²) in [6.07, 6.45) is 3.83. The van der Waals surface area contributed by atoms with E-state index in [1.807, 2.05) is 31.2 Å². The Hall–Kier alpha value is -3.35. The first-order chi connectivity index (χ1) is 16.5. The summed E-state index contributed by atoms with van der Waals surface area (Å²) in [5, 5.41) is 14.4. The van der Waals surface area contributed by atoms with Gasteiger partial charge < -0.3 is 20.5 Å². The van der Waals surface area contributed by atoms with Crippen molar-refractivity contribution in [1.82, 2.24) is 10.6 Å². The lowest BCUT2D eigenvalue weighted by Crippen LogP contribution is -2.35. The molecule has 0 aromatic heterocycles. The van der Waals surface area contributed by atoms with Crippen LogP contribution in [0.15, 0.2) is 48.5 Å². The highest BCUT2D eigenvalue weighted by Crippen LogP contribution is 2.44. The van der Waals surface area contributed by atoms with Gasteiger partial charge in [0.15, 0.2) is 0 Å². The van der Waals surface area contributed by atoms with Crippen LogP contribution in [-0.2, 0) is 14.3 Å². The number of ether oxygens (including phenoxy) is 1. The van der Waals surface area contributed by atoms with Gasteiger partial charge in [0.25, 0.3) is 0 Å². The first kappa shape index (κ1) is 25.3. The van der Waals surface area contributed by atoms with E-state index in [1.54, 1.807) is 0 Å². The number of alkyl carbamates (subject to hydrolysis) is 1. The number of fused-ring (bicyclic) bond motifs is 3. The van der Waals surface area contributed by atoms with E-state index >= 15 is 0 Å². The van der Waals surface area contributed by atoms with Crippen LogP contribution >= 0.6 is 0 Å². The summed E-state index contributed by atoms with van der Waals surface area (Å²) >= 11 is 0. The third-order valence-electron chi connectivity index (χ3n) is 6.22. The molecule has 0 saturated carbocycles. The van der Waals surface area contributed by atoms with Gasteiger partial charge in [0, 0.05) is 24.9 Å². The molecule has 2 aromatic rings. The van der Waals surface area contributed by atoms with E-state index in [1.165, 1.54) is 22.3 Å². The summed E-state index contributed by atoms with van der Waals surface area (Å²) < 4.78 is 5.53. The van der Waals surface area contributed by atoms with Gasteiger partial charge in [-0.3, -0.25) is 9.59 Å². The summed E-state index contributed by atoms with van der Waals surface area (Å²) in [4.78, 5) is 34.9. The molecule has 2 aromatic carbocycles. The van der Waals surface area contributed by atoms with Crippen LogP contribution in [0.3, 0.4) is 0 Å². The highest BCUT2D eigenvalue weighted by molar-refractivity contribution is 5.79. The molecule has 0 unspecified atom stereocenters. The Labute approximate surface area is 200 Å². The highest BCUT2D eigenvalue weighted by Gasteiger charge is 2.28. The van der Waals surface area contributed by atoms with Crippen molar-refractivity contribution in [2.45, 2.75) is 63.8 Å². The van der Waals surface area contributed by atoms with E-state index in [4.69, 9.17) is 9.84 Å². The lowest BCUT2D eigenvalue weighted by molar-refractivity contribution is -0.137. The first-order valence-electron chi connectivity index (χ1n) is 12.1. The Morgan fingerprint density at radius 2 is 1.56 bits per heavy atom. The van der Waals surface area contributed by atoms with Crippen LogP contribution in [0.1, 0.15) is 68.9 Å². The van der Waals surface area contributed by atoms with Crippen molar-refractivity contribution in [2.75, 3.05) is 13.2 Å². The molecule has 182 valence electrons. The Morgan fingerprint density at radius 3 is 2.18 bits per heavy atom. The predicted octanol–water partition coefficient (Wildman–Crippen LogP) is 4.85. The average molecular weight is 467 g/mol. The van der Waals surface area contributed by atoms with Crippen molar-refractivity contribution in [3.05, 3.63) is 59.7 Å². The van der Waals surface area contributed by atoms with Gasteiger partial charge in [-0.1, -0.05) is 68.3 Å². The zero-order chi connectivity index (χ0) is 24.3. The Bertz CT molecular complexity index is 945. The van der Waals surface area contributed by atoms with Gasteiger partial charge in [-0.05, 0) is 41.5 Å². The number of aliphatic carboxylic acids is 1. The highest BCUT2D eigenvalue weighted by atomic mass is 16.5. The Morgan fingerprint density at radius 1 is 0.941 bits per heavy atom. The van der Waals surface area contributed by atoms with E-state index < -0.39 is 12.1 Å². The molecule has 1 atom stereocenters. The SMILES string of the molecule is CC[C@H](CC(=O)O)NC(=O)CCCCCCNC(=O)OCC1c2ccccc2-c2ccccc21. The van der Waals surface area contributed by atoms with Gasteiger partial charge in [-0.25, -0.2) is 4.79 Å². The predicted molar refractivity (Wildman–Crippen MR) is 131 cm³/mol. The average Bonchev–Trinajstić information content (AvgIpc) is 3.15. The monoisotopic (exact) mass is 466 g/mol. The number of carbonyl (C=O) groups excluding carboxylic acids is 2. The van der Waals surface area contributed by atoms with Gasteiger partial charge in [-0.2, -0.15) is 0 Å². The second kappa shape index (κ2) is 12.8. The number of amides is 2. The number of carboxylic acid groups (broad SMARTS) is 1. The summed E-state index contributed by atoms with van der Waals surface area (Å²) in [5.41, 5.74) is 4.78. The van der Waals surface area contributed by atoms with E-state index in [-0.39, 0.29) is 24.3 Å². The van der Waals surface area contributed by atoms with Gasteiger partial charge in [0.1, 0.15) is 6.61 Å². The molecule has 7 nitrogen and oxygen atoms in total. The normalized spacial score (nSPS) is 13.0. The maximum Gasteiger partial charge on any atom is 0.407 e. The number of hydrogen-bond acceptors (Lipinski definition) is 4. The lowest BCUT2D eigenvalue weighted by Gasteiger charge is -2.15. The summed E-state index contributed by atoms with van der Waals surface area (Å²) in [6.45, 7) is 2.69. The fraction of sp³-hybridized carbons (Fsp3) is 0.444. The molecular weight excluding hydrogens is 432 g/mol. The third-order valence-corrected chi connectivity index (χ3v) is 6.22. The number of rotatable bonds is 13. The first-order valence-corrected chi connectivity index (χ1v) is 12.1. The molecule has 3 N–H and O–H groups in total. The van der Waals surface area contributed by atoms with Crippen molar-refractivity contribution in [1.29, 1.82) is 0 Å². The molecule has 0 spiro atoms. The lowest BCUT2D eigenvalue weighted by atomic mass is 9.98. The van der Waals surface area contributed by atoms with E-state index in [9.17, 15) is 14.4 Å². The Balaban J connectivity index is 1.29. The molecule has 0 aliphatic heterocycles. The number of hydrogen-bond donors (Lipinski definition) is 3. The van der Waals surface area contributed by atoms with Gasteiger partial charge in [0.05, 0.1) is 6.42 Å². The van der Waals surface area contributed by atoms with Gasteiger partial charge in [0.2, 0.25) is 5.91 Å². The maximum absolute atomic E-state index is 12.2. The topological polar surface area (TPSA) is 105 Å². The minimum absolute atomic E-state index is 0.0482. The molecule has 1 aliphatic carbocycles. The van der Waals surface area contributed by atoms with Gasteiger partial charge >= 0.3 is 12.1 Å². The van der Waals surface area contributed by atoms with Gasteiger partial charge in [-0.15, -0.1) is 0 Å². The fourth-order valence-electron chi connectivity index (χ4n) is 4.41. The number of benzene rings is 2. The maximum atomic E-state index is 12.2. The van der Waals surface area contributed by atoms with Crippen molar-refractivity contribution >= 4 is 18.0 Å². The van der Waals surface area contributed by atoms with Crippen LogP contribution in [0.25, 0.3) is 11.1 Å². The fourth-order valence-corrected chi connectivity index (χ4v) is 4.41. The Kier molecular flexibility index (Phi) is 9.50. The molecule has 1 aliphatic rings. The van der Waals surface area contributed by atoms with Crippen molar-refractivity contribution in [3.8, 4) is 11.1 Å². The molecule has 2 amide bonds. The molecular formula is C27H34N2O5. The van der Waals surface area contributed by atoms with Crippen LogP contribution in [0, 0.1) is 0 Å². The molecule has 0 heterocycles. The minimum Gasteiger partial charge on any atom is -0.481 e. The molecule has 0 bridgehead atoms. The van der Waals surface area contributed by atoms with Crippen LogP contribution in [0.2, 0.25) is 0 Å². The smallest absolute Gasteiger partial charge is 0.407 e. The third kappa shape index (κ3) is 7.07. The molecule has 3 rings (SSSR count). The second-order valence-electron chi connectivity index (χ2n) is 8.69. The molecule has 0 fully saturated rings. The van der Waals surface area contributed by atoms with E-state index in [0.717, 1.165) is 25.7 Å². The van der Waals surface area contributed by atoms with E-state index in [0.29, 0.717) is 26.0 Å². The largest absolute Gasteiger partial charge is 0.481 e. The molecule has 0 radical (unpaired) electrons. The second-order valence-corrected chi connectivity index (χ2v) is 8.69. The number of carboxylic acids is 1. The number of carbonyl (C=O) groups is 3. The molecule has 34 heavy (non-hydrogen) atoms. The van der Waals surface area contributed by atoms with Crippen LogP contribution in [-0.4, -0.2) is 42.3 Å².